The maximum absolute atomic E-state index is 13.5. The van der Waals surface area contributed by atoms with Crippen LogP contribution in [0.1, 0.15) is 16.1 Å². The lowest BCUT2D eigenvalue weighted by Crippen LogP contribution is -2.14. The Morgan fingerprint density at radius 3 is 2.42 bits per heavy atom. The third-order valence-electron chi connectivity index (χ3n) is 3.41. The number of nitrogen functional groups attached to an aromatic ring is 1. The molecule has 134 valence electrons. The van der Waals surface area contributed by atoms with Gasteiger partial charge in [0.25, 0.3) is 5.91 Å². The number of amides is 1. The average Bonchev–Trinajstić information content (AvgIpc) is 2.98. The van der Waals surface area contributed by atoms with Crippen LogP contribution in [0.2, 0.25) is 0 Å². The van der Waals surface area contributed by atoms with Crippen molar-refractivity contribution in [3.05, 3.63) is 65.9 Å². The maximum Gasteiger partial charge on any atom is 0.435 e. The minimum absolute atomic E-state index is 0.185. The van der Waals surface area contributed by atoms with Crippen molar-refractivity contribution in [2.75, 3.05) is 11.1 Å². The van der Waals surface area contributed by atoms with Crippen LogP contribution in [0.3, 0.4) is 0 Å². The number of hydrogen-bond donors (Lipinski definition) is 2. The molecule has 3 N–H and O–H groups in total. The van der Waals surface area contributed by atoms with Gasteiger partial charge in [0.15, 0.2) is 11.5 Å². The van der Waals surface area contributed by atoms with Gasteiger partial charge in [-0.3, -0.25) is 9.78 Å². The van der Waals surface area contributed by atoms with Gasteiger partial charge in [-0.25, -0.2) is 9.07 Å². The van der Waals surface area contributed by atoms with E-state index < -0.39 is 23.6 Å². The molecule has 6 nitrogen and oxygen atoms in total. The topological polar surface area (TPSA) is 85.8 Å². The largest absolute Gasteiger partial charge is 0.435 e. The number of nitrogens with two attached hydrogens (primary N) is 1. The summed E-state index contributed by atoms with van der Waals surface area (Å²) in [5, 5.41) is 5.90. The molecule has 0 saturated carbocycles. The Hall–Kier alpha value is -3.43. The molecule has 1 amide bonds. The van der Waals surface area contributed by atoms with Gasteiger partial charge in [-0.1, -0.05) is 0 Å². The fourth-order valence-electron chi connectivity index (χ4n) is 2.18. The molecule has 3 rings (SSSR count). The molecule has 0 radical (unpaired) electrons. The van der Waals surface area contributed by atoms with Gasteiger partial charge in [0.2, 0.25) is 0 Å². The van der Waals surface area contributed by atoms with Crippen molar-refractivity contribution < 1.29 is 22.4 Å². The molecule has 3 aromatic rings. The number of hydrogen-bond acceptors (Lipinski definition) is 4. The Morgan fingerprint density at radius 2 is 1.85 bits per heavy atom. The second-order valence-electron chi connectivity index (χ2n) is 5.22. The molecule has 0 aliphatic carbocycles. The number of carbonyl (C=O) groups is 1. The second-order valence-corrected chi connectivity index (χ2v) is 5.22. The van der Waals surface area contributed by atoms with E-state index in [2.05, 4.69) is 15.4 Å². The molecule has 0 aliphatic rings. The number of anilines is 2. The summed E-state index contributed by atoms with van der Waals surface area (Å²) in [6.07, 6.45) is -2.42. The first-order valence-corrected chi connectivity index (χ1v) is 7.20. The van der Waals surface area contributed by atoms with E-state index in [4.69, 9.17) is 5.73 Å². The van der Waals surface area contributed by atoms with Gasteiger partial charge in [-0.2, -0.15) is 18.3 Å². The van der Waals surface area contributed by atoms with Gasteiger partial charge in [0.1, 0.15) is 5.82 Å². The highest BCUT2D eigenvalue weighted by Crippen LogP contribution is 2.30. The zero-order valence-corrected chi connectivity index (χ0v) is 13.0. The smallest absolute Gasteiger partial charge is 0.384 e. The molecule has 2 aromatic heterocycles. The first kappa shape index (κ1) is 17.4. The maximum atomic E-state index is 13.5. The molecule has 0 bridgehead atoms. The number of aromatic nitrogens is 3. The molecule has 10 heteroatoms. The summed E-state index contributed by atoms with van der Waals surface area (Å²) in [5.74, 6) is -1.64. The van der Waals surface area contributed by atoms with Crippen LogP contribution in [-0.4, -0.2) is 20.7 Å². The van der Waals surface area contributed by atoms with Crippen molar-refractivity contribution in [2.24, 2.45) is 0 Å². The Kier molecular flexibility index (Phi) is 4.33. The van der Waals surface area contributed by atoms with Gasteiger partial charge in [-0.15, -0.1) is 0 Å². The monoisotopic (exact) mass is 365 g/mol. The van der Waals surface area contributed by atoms with Crippen molar-refractivity contribution in [1.82, 2.24) is 14.8 Å². The lowest BCUT2D eigenvalue weighted by molar-refractivity contribution is -0.141. The molecular formula is C16H11F4N5O. The van der Waals surface area contributed by atoms with E-state index in [1.54, 1.807) is 0 Å². The van der Waals surface area contributed by atoms with Gasteiger partial charge in [0.05, 0.1) is 17.4 Å². The van der Waals surface area contributed by atoms with Gasteiger partial charge < -0.3 is 11.1 Å². The highest BCUT2D eigenvalue weighted by atomic mass is 19.4. The minimum Gasteiger partial charge on any atom is -0.384 e. The highest BCUT2D eigenvalue weighted by Gasteiger charge is 2.34. The van der Waals surface area contributed by atoms with Crippen molar-refractivity contribution >= 4 is 17.4 Å². The first-order chi connectivity index (χ1) is 12.3. The number of pyridine rings is 1. The number of nitrogens with one attached hydrogen (secondary N) is 1. The predicted octanol–water partition coefficient (Wildman–Crippen LogP) is 3.26. The standard InChI is InChI=1S/C16H11F4N5O/c17-12-8-22-6-5-11(12)15(26)23-9-1-3-10(4-2-9)25-14(21)7-13(24-25)16(18,19)20/h1-8H,21H2,(H,23,26). The zero-order valence-electron chi connectivity index (χ0n) is 13.0. The lowest BCUT2D eigenvalue weighted by Gasteiger charge is -2.08. The highest BCUT2D eigenvalue weighted by molar-refractivity contribution is 6.04. The molecule has 2 heterocycles. The minimum atomic E-state index is -4.61. The van der Waals surface area contributed by atoms with E-state index in [9.17, 15) is 22.4 Å². The van der Waals surface area contributed by atoms with Gasteiger partial charge in [0, 0.05) is 18.0 Å². The Bertz CT molecular complexity index is 950. The zero-order chi connectivity index (χ0) is 18.9. The fraction of sp³-hybridized carbons (Fsp3) is 0.0625. The quantitative estimate of drug-likeness (QED) is 0.698. The van der Waals surface area contributed by atoms with Crippen LogP contribution in [0.15, 0.2) is 48.8 Å². The summed E-state index contributed by atoms with van der Waals surface area (Å²) in [5.41, 5.74) is 4.86. The predicted molar refractivity (Wildman–Crippen MR) is 85.1 cm³/mol. The van der Waals surface area contributed by atoms with Crippen LogP contribution in [0, 0.1) is 5.82 Å². The number of nitrogens with zero attached hydrogens (tertiary/aromatic N) is 3. The lowest BCUT2D eigenvalue weighted by atomic mass is 10.2. The van der Waals surface area contributed by atoms with Crippen LogP contribution in [-0.2, 0) is 6.18 Å². The second kappa shape index (κ2) is 6.47. The Balaban J connectivity index is 1.80. The summed E-state index contributed by atoms with van der Waals surface area (Å²) in [6.45, 7) is 0. The van der Waals surface area contributed by atoms with Crippen LogP contribution >= 0.6 is 0 Å². The van der Waals surface area contributed by atoms with Crippen LogP contribution < -0.4 is 11.1 Å². The van der Waals surface area contributed by atoms with Crippen molar-refractivity contribution in [3.63, 3.8) is 0 Å². The summed E-state index contributed by atoms with van der Waals surface area (Å²) < 4.78 is 52.5. The number of benzene rings is 1. The molecule has 0 unspecified atom stereocenters. The van der Waals surface area contributed by atoms with Crippen LogP contribution in [0.4, 0.5) is 29.1 Å². The van der Waals surface area contributed by atoms with Gasteiger partial charge >= 0.3 is 6.18 Å². The molecule has 0 fully saturated rings. The Morgan fingerprint density at radius 1 is 1.15 bits per heavy atom. The first-order valence-electron chi connectivity index (χ1n) is 7.20. The van der Waals surface area contributed by atoms with E-state index in [1.165, 1.54) is 36.5 Å². The van der Waals surface area contributed by atoms with Crippen LogP contribution in [0.25, 0.3) is 5.69 Å². The fourth-order valence-corrected chi connectivity index (χ4v) is 2.18. The van der Waals surface area contributed by atoms with E-state index >= 15 is 0 Å². The normalized spacial score (nSPS) is 11.4. The van der Waals surface area contributed by atoms with Crippen LogP contribution in [0.5, 0.6) is 0 Å². The van der Waals surface area contributed by atoms with E-state index in [1.807, 2.05) is 0 Å². The number of alkyl halides is 3. The van der Waals surface area contributed by atoms with E-state index in [0.717, 1.165) is 16.9 Å². The number of carbonyl (C=O) groups excluding carboxylic acids is 1. The van der Waals surface area contributed by atoms with E-state index in [0.29, 0.717) is 5.69 Å². The third kappa shape index (κ3) is 3.48. The molecule has 0 saturated heterocycles. The molecule has 26 heavy (non-hydrogen) atoms. The molecular weight excluding hydrogens is 354 g/mol. The molecule has 1 aromatic carbocycles. The summed E-state index contributed by atoms with van der Waals surface area (Å²) in [6, 6.07) is 7.65. The summed E-state index contributed by atoms with van der Waals surface area (Å²) >= 11 is 0. The average molecular weight is 365 g/mol. The molecule has 0 aliphatic heterocycles. The van der Waals surface area contributed by atoms with Gasteiger partial charge in [-0.05, 0) is 30.3 Å². The van der Waals surface area contributed by atoms with Crippen molar-refractivity contribution in [2.45, 2.75) is 6.18 Å². The summed E-state index contributed by atoms with van der Waals surface area (Å²) in [7, 11) is 0. The number of rotatable bonds is 3. The SMILES string of the molecule is Nc1cc(C(F)(F)F)nn1-c1ccc(NC(=O)c2ccncc2F)cc1. The number of halogens is 4. The Labute approximate surface area is 144 Å². The molecule has 0 spiro atoms. The van der Waals surface area contributed by atoms with Crippen molar-refractivity contribution in [1.29, 1.82) is 0 Å². The van der Waals surface area contributed by atoms with E-state index in [-0.39, 0.29) is 17.1 Å². The van der Waals surface area contributed by atoms with Crippen molar-refractivity contribution in [3.8, 4) is 5.69 Å². The summed E-state index contributed by atoms with van der Waals surface area (Å²) in [4.78, 5) is 15.6. The third-order valence-corrected chi connectivity index (χ3v) is 3.41. The molecule has 0 atom stereocenters.